The van der Waals surface area contributed by atoms with Gasteiger partial charge in [0.2, 0.25) is 0 Å². The quantitative estimate of drug-likeness (QED) is 0.360. The molecule has 2 unspecified atom stereocenters. The number of hydrogen-bond donors (Lipinski definition) is 0. The first kappa shape index (κ1) is 12.7. The molecule has 1 aliphatic rings. The van der Waals surface area contributed by atoms with E-state index < -0.39 is 0 Å². The van der Waals surface area contributed by atoms with Crippen molar-refractivity contribution in [2.24, 2.45) is 0 Å². The van der Waals surface area contributed by atoms with Gasteiger partial charge in [-0.05, 0) is 19.8 Å². The Balaban J connectivity index is 2.15. The van der Waals surface area contributed by atoms with Gasteiger partial charge >= 0.3 is 0 Å². The molecule has 0 radical (unpaired) electrons. The smallest absolute Gasteiger partial charge is 0.107 e. The zero-order chi connectivity index (χ0) is 11.1. The Morgan fingerprint density at radius 3 is 2.87 bits per heavy atom. The maximum Gasteiger partial charge on any atom is 0.107 e. The van der Waals surface area contributed by atoms with Crippen LogP contribution in [0.15, 0.2) is 12.7 Å². The maximum atomic E-state index is 5.38. The van der Waals surface area contributed by atoms with Gasteiger partial charge in [0, 0.05) is 6.42 Å². The molecular weight excluding hydrogens is 188 g/mol. The van der Waals surface area contributed by atoms with Crippen LogP contribution in [0.2, 0.25) is 0 Å². The summed E-state index contributed by atoms with van der Waals surface area (Å²) in [7, 11) is 0. The molecule has 1 aliphatic heterocycles. The van der Waals surface area contributed by atoms with E-state index in [1.165, 1.54) is 25.7 Å². The minimum atomic E-state index is -0.128. The van der Waals surface area contributed by atoms with Crippen molar-refractivity contribution in [3.05, 3.63) is 12.7 Å². The summed E-state index contributed by atoms with van der Waals surface area (Å²) in [4.78, 5) is 10.7. The fourth-order valence-corrected chi connectivity index (χ4v) is 2.11. The van der Waals surface area contributed by atoms with Crippen molar-refractivity contribution in [2.75, 3.05) is 0 Å². The Labute approximate surface area is 93.6 Å². The van der Waals surface area contributed by atoms with E-state index >= 15 is 0 Å². The van der Waals surface area contributed by atoms with Crippen LogP contribution in [0.1, 0.15) is 58.8 Å². The SMILES string of the molecule is C=CCC1(C)CC(CCCCCC)OO1. The topological polar surface area (TPSA) is 18.5 Å². The van der Waals surface area contributed by atoms with Crippen molar-refractivity contribution in [3.63, 3.8) is 0 Å². The van der Waals surface area contributed by atoms with Gasteiger partial charge in [0.25, 0.3) is 0 Å². The van der Waals surface area contributed by atoms with Crippen molar-refractivity contribution < 1.29 is 9.78 Å². The number of rotatable bonds is 7. The van der Waals surface area contributed by atoms with Crippen molar-refractivity contribution in [1.82, 2.24) is 0 Å². The average molecular weight is 212 g/mol. The standard InChI is InChI=1S/C13H24O2/c1-4-6-7-8-9-12-11-13(3,10-5-2)15-14-12/h5,12H,2,4,6-11H2,1,3H3. The van der Waals surface area contributed by atoms with Crippen LogP contribution < -0.4 is 0 Å². The van der Waals surface area contributed by atoms with Gasteiger partial charge in [0.15, 0.2) is 0 Å². The van der Waals surface area contributed by atoms with Crippen molar-refractivity contribution in [2.45, 2.75) is 70.5 Å². The lowest BCUT2D eigenvalue weighted by atomic mass is 9.93. The molecule has 2 atom stereocenters. The van der Waals surface area contributed by atoms with Gasteiger partial charge in [-0.1, -0.05) is 38.7 Å². The van der Waals surface area contributed by atoms with Gasteiger partial charge in [-0.3, -0.25) is 0 Å². The van der Waals surface area contributed by atoms with Gasteiger partial charge in [0.1, 0.15) is 5.60 Å². The Kier molecular flexibility index (Phi) is 5.34. The number of hydrogen-bond acceptors (Lipinski definition) is 2. The first-order valence-corrected chi connectivity index (χ1v) is 6.15. The highest BCUT2D eigenvalue weighted by atomic mass is 17.2. The van der Waals surface area contributed by atoms with E-state index in [1.54, 1.807) is 0 Å². The lowest BCUT2D eigenvalue weighted by molar-refractivity contribution is -0.322. The lowest BCUT2D eigenvalue weighted by Crippen LogP contribution is -2.22. The van der Waals surface area contributed by atoms with E-state index in [2.05, 4.69) is 20.4 Å². The van der Waals surface area contributed by atoms with Crippen LogP contribution >= 0.6 is 0 Å². The summed E-state index contributed by atoms with van der Waals surface area (Å²) in [5.74, 6) is 0. The molecule has 2 heteroatoms. The highest BCUT2D eigenvalue weighted by molar-refractivity contribution is 4.88. The first-order chi connectivity index (χ1) is 7.20. The van der Waals surface area contributed by atoms with Gasteiger partial charge in [-0.25, -0.2) is 9.78 Å². The second-order valence-electron chi connectivity index (χ2n) is 4.80. The molecule has 88 valence electrons. The molecule has 1 fully saturated rings. The zero-order valence-electron chi connectivity index (χ0n) is 10.1. The maximum absolute atomic E-state index is 5.38. The van der Waals surface area contributed by atoms with E-state index in [9.17, 15) is 0 Å². The Hall–Kier alpha value is -0.340. The molecular formula is C13H24O2. The van der Waals surface area contributed by atoms with E-state index in [-0.39, 0.29) is 5.60 Å². The number of unbranched alkanes of at least 4 members (excludes halogenated alkanes) is 3. The van der Waals surface area contributed by atoms with Crippen LogP contribution in [0.5, 0.6) is 0 Å². The van der Waals surface area contributed by atoms with Crippen molar-refractivity contribution in [1.29, 1.82) is 0 Å². The van der Waals surface area contributed by atoms with Crippen LogP contribution in [-0.2, 0) is 9.78 Å². The van der Waals surface area contributed by atoms with E-state index in [0.29, 0.717) is 6.10 Å². The van der Waals surface area contributed by atoms with Crippen LogP contribution in [-0.4, -0.2) is 11.7 Å². The molecule has 0 N–H and O–H groups in total. The Morgan fingerprint density at radius 2 is 2.20 bits per heavy atom. The zero-order valence-corrected chi connectivity index (χ0v) is 10.1. The Bertz CT molecular complexity index is 191. The molecule has 0 aromatic rings. The molecule has 1 rings (SSSR count). The first-order valence-electron chi connectivity index (χ1n) is 6.15. The van der Waals surface area contributed by atoms with Gasteiger partial charge in [-0.2, -0.15) is 0 Å². The van der Waals surface area contributed by atoms with Crippen molar-refractivity contribution in [3.8, 4) is 0 Å². The summed E-state index contributed by atoms with van der Waals surface area (Å²) in [6.45, 7) is 8.08. The summed E-state index contributed by atoms with van der Waals surface area (Å²) < 4.78 is 0. The third kappa shape index (κ3) is 4.35. The Morgan fingerprint density at radius 1 is 1.40 bits per heavy atom. The largest absolute Gasteiger partial charge is 0.233 e. The summed E-state index contributed by atoms with van der Waals surface area (Å²) in [5, 5.41) is 0. The second kappa shape index (κ2) is 6.29. The molecule has 1 heterocycles. The van der Waals surface area contributed by atoms with Crippen molar-refractivity contribution >= 4 is 0 Å². The van der Waals surface area contributed by atoms with Crippen LogP contribution in [0, 0.1) is 0 Å². The molecule has 0 aliphatic carbocycles. The molecule has 2 nitrogen and oxygen atoms in total. The average Bonchev–Trinajstić information content (AvgIpc) is 2.56. The highest BCUT2D eigenvalue weighted by Crippen LogP contribution is 2.33. The van der Waals surface area contributed by atoms with Crippen LogP contribution in [0.4, 0.5) is 0 Å². The normalized spacial score (nSPS) is 30.7. The summed E-state index contributed by atoms with van der Waals surface area (Å²) in [6, 6.07) is 0. The van der Waals surface area contributed by atoms with Gasteiger partial charge in [-0.15, -0.1) is 6.58 Å². The highest BCUT2D eigenvalue weighted by Gasteiger charge is 2.36. The molecule has 0 spiro atoms. The van der Waals surface area contributed by atoms with Crippen LogP contribution in [0.25, 0.3) is 0 Å². The molecule has 0 aromatic heterocycles. The lowest BCUT2D eigenvalue weighted by Gasteiger charge is -2.16. The monoisotopic (exact) mass is 212 g/mol. The van der Waals surface area contributed by atoms with E-state index in [4.69, 9.17) is 9.78 Å². The molecule has 15 heavy (non-hydrogen) atoms. The predicted octanol–water partition coefficient (Wildman–Crippen LogP) is 4.01. The molecule has 0 amide bonds. The van der Waals surface area contributed by atoms with E-state index in [0.717, 1.165) is 19.3 Å². The third-order valence-electron chi connectivity index (χ3n) is 3.00. The van der Waals surface area contributed by atoms with E-state index in [1.807, 2.05) is 6.08 Å². The fourth-order valence-electron chi connectivity index (χ4n) is 2.11. The summed E-state index contributed by atoms with van der Waals surface area (Å²) in [6.07, 6.45) is 10.4. The summed E-state index contributed by atoms with van der Waals surface area (Å²) in [5.41, 5.74) is -0.128. The van der Waals surface area contributed by atoms with Gasteiger partial charge < -0.3 is 0 Å². The molecule has 1 saturated heterocycles. The van der Waals surface area contributed by atoms with Crippen LogP contribution in [0.3, 0.4) is 0 Å². The molecule has 0 bridgehead atoms. The minimum Gasteiger partial charge on any atom is -0.233 e. The van der Waals surface area contributed by atoms with Gasteiger partial charge in [0.05, 0.1) is 6.10 Å². The minimum absolute atomic E-state index is 0.128. The molecule has 0 aromatic carbocycles. The summed E-state index contributed by atoms with van der Waals surface area (Å²) >= 11 is 0. The molecule has 0 saturated carbocycles. The predicted molar refractivity (Wildman–Crippen MR) is 62.6 cm³/mol. The second-order valence-corrected chi connectivity index (χ2v) is 4.80. The third-order valence-corrected chi connectivity index (χ3v) is 3.00. The fraction of sp³-hybridized carbons (Fsp3) is 0.846.